The second kappa shape index (κ2) is 14.1. The lowest BCUT2D eigenvalue weighted by atomic mass is 9.44. The molecule has 0 aliphatic heterocycles. The molecule has 1 unspecified atom stereocenters. The number of carboxylic acid groups (broad SMARTS) is 3. The van der Waals surface area contributed by atoms with E-state index in [2.05, 4.69) is 31.1 Å². The van der Waals surface area contributed by atoms with Gasteiger partial charge in [-0.2, -0.15) is 0 Å². The summed E-state index contributed by atoms with van der Waals surface area (Å²) in [4.78, 5) is 59.1. The Labute approximate surface area is 295 Å². The normalized spacial score (nSPS) is 32.7. The van der Waals surface area contributed by atoms with Gasteiger partial charge >= 0.3 is 29.6 Å². The number of hydrogen-bond acceptors (Lipinski definition) is 10. The van der Waals surface area contributed by atoms with Gasteiger partial charge in [-0.25, -0.2) is 4.63 Å². The Hall–Kier alpha value is -4.10. The molecule has 0 radical (unpaired) electrons. The van der Waals surface area contributed by atoms with Crippen molar-refractivity contribution < 1.29 is 48.8 Å². The van der Waals surface area contributed by atoms with Gasteiger partial charge in [0, 0.05) is 6.07 Å². The van der Waals surface area contributed by atoms with Crippen molar-refractivity contribution in [2.24, 2.45) is 58.2 Å². The Morgan fingerprint density at radius 2 is 1.63 bits per heavy atom. The zero-order chi connectivity index (χ0) is 36.8. The van der Waals surface area contributed by atoms with Crippen molar-refractivity contribution in [2.45, 2.75) is 110 Å². The van der Waals surface area contributed by atoms with Gasteiger partial charge in [-0.15, -0.1) is 0 Å². The summed E-state index contributed by atoms with van der Waals surface area (Å²) in [6, 6.07) is 2.70. The quantitative estimate of drug-likeness (QED) is 0.0871. The summed E-state index contributed by atoms with van der Waals surface area (Å²) < 4.78 is 10.8. The van der Waals surface area contributed by atoms with Crippen molar-refractivity contribution in [1.82, 2.24) is 10.3 Å². The van der Waals surface area contributed by atoms with Crippen LogP contribution in [0.15, 0.2) is 16.8 Å². The maximum atomic E-state index is 13.6. The molecule has 0 saturated heterocycles. The molecule has 1 aromatic heterocycles. The number of carboxylic acids is 3. The second-order valence-corrected chi connectivity index (χ2v) is 16.5. The molecule has 4 fully saturated rings. The predicted octanol–water partition coefficient (Wildman–Crippen LogP) is 6.54. The van der Waals surface area contributed by atoms with Crippen LogP contribution in [0, 0.1) is 68.3 Å². The van der Waals surface area contributed by atoms with E-state index in [4.69, 9.17) is 9.37 Å². The van der Waals surface area contributed by atoms with Crippen LogP contribution in [-0.4, -0.2) is 60.5 Å². The van der Waals surface area contributed by atoms with Crippen LogP contribution in [0.2, 0.25) is 0 Å². The topological polar surface area (TPSA) is 220 Å². The Morgan fingerprint density at radius 1 is 0.941 bits per heavy atom. The molecular weight excluding hydrogens is 662 g/mol. The van der Waals surface area contributed by atoms with Gasteiger partial charge in [0.25, 0.3) is 0 Å². The number of nitro groups is 1. The minimum Gasteiger partial charge on any atom is -0.481 e. The molecule has 278 valence electrons. The number of ether oxygens (including phenoxy) is 1. The molecule has 4 aliphatic rings. The largest absolute Gasteiger partial charge is 0.481 e. The van der Waals surface area contributed by atoms with Crippen molar-refractivity contribution in [3.8, 4) is 0 Å². The van der Waals surface area contributed by atoms with Crippen LogP contribution >= 0.6 is 0 Å². The van der Waals surface area contributed by atoms with E-state index in [9.17, 15) is 44.6 Å². The molecule has 1 aromatic carbocycles. The number of nitro benzene ring substituents is 1. The second-order valence-electron chi connectivity index (χ2n) is 16.5. The summed E-state index contributed by atoms with van der Waals surface area (Å²) in [5.74, 6) is -3.87. The van der Waals surface area contributed by atoms with Gasteiger partial charge in [0.2, 0.25) is 5.52 Å². The lowest BCUT2D eigenvalue weighted by Crippen LogP contribution is -2.54. The summed E-state index contributed by atoms with van der Waals surface area (Å²) in [6.45, 7) is 7.01. The molecule has 2 aromatic rings. The molecule has 14 heteroatoms. The standard InChI is InChI=1S/C37H49N3O11/c1-19(4-7-25(33(43)44)34(45)46)26-9-10-27-24-8-6-22-18-23(12-14-36(22,2)28(24)13-15-37(26,27)3)50-35(47)21(17-30(41)42)16-20-5-11-29(40(48)49)32-31(20)38-51-39-32/h5,11,19,21-28H,4,6-10,12-18H2,1-3H3,(H,41,42)(H,43,44)(H,45,46)/t19-,21+,22-,23-,24+,26?,27+,28+,36+,37-/m1/s1. The lowest BCUT2D eigenvalue weighted by molar-refractivity contribution is -0.383. The summed E-state index contributed by atoms with van der Waals surface area (Å²) in [5.41, 5.74) is 0.451. The molecule has 1 heterocycles. The summed E-state index contributed by atoms with van der Waals surface area (Å²) in [5, 5.41) is 47.2. The number of benzene rings is 1. The summed E-state index contributed by atoms with van der Waals surface area (Å²) >= 11 is 0. The Kier molecular flexibility index (Phi) is 10.2. The van der Waals surface area contributed by atoms with E-state index in [1.165, 1.54) is 12.1 Å². The van der Waals surface area contributed by atoms with E-state index in [0.29, 0.717) is 48.0 Å². The number of esters is 1. The fourth-order valence-electron chi connectivity index (χ4n) is 11.5. The fraction of sp³-hybridized carbons (Fsp3) is 0.730. The third-order valence-electron chi connectivity index (χ3n) is 14.1. The minimum absolute atomic E-state index is 0.0368. The van der Waals surface area contributed by atoms with Crippen molar-refractivity contribution in [3.05, 3.63) is 27.8 Å². The highest BCUT2D eigenvalue weighted by atomic mass is 16.6. The number of carbonyl (C=O) groups is 4. The molecule has 51 heavy (non-hydrogen) atoms. The van der Waals surface area contributed by atoms with Crippen LogP contribution in [-0.2, 0) is 30.3 Å². The molecule has 14 nitrogen and oxygen atoms in total. The van der Waals surface area contributed by atoms with E-state index in [1.807, 2.05) is 0 Å². The number of nitrogens with zero attached hydrogens (tertiary/aromatic N) is 3. The highest BCUT2D eigenvalue weighted by molar-refractivity contribution is 5.92. The summed E-state index contributed by atoms with van der Waals surface area (Å²) in [6.07, 6.45) is 8.87. The lowest BCUT2D eigenvalue weighted by Gasteiger charge is -2.61. The van der Waals surface area contributed by atoms with Crippen LogP contribution in [0.1, 0.15) is 103 Å². The molecule has 10 atom stereocenters. The molecule has 0 spiro atoms. The van der Waals surface area contributed by atoms with Gasteiger partial charge in [0.1, 0.15) is 11.6 Å². The molecule has 3 N–H and O–H groups in total. The number of fused-ring (bicyclic) bond motifs is 6. The van der Waals surface area contributed by atoms with Crippen LogP contribution in [0.5, 0.6) is 0 Å². The van der Waals surface area contributed by atoms with Crippen LogP contribution in [0.25, 0.3) is 11.0 Å². The van der Waals surface area contributed by atoms with Crippen molar-refractivity contribution >= 4 is 40.6 Å². The molecule has 4 saturated carbocycles. The minimum atomic E-state index is -1.36. The number of rotatable bonds is 13. The number of aromatic nitrogens is 2. The van der Waals surface area contributed by atoms with E-state index >= 15 is 0 Å². The first-order valence-electron chi connectivity index (χ1n) is 18.4. The monoisotopic (exact) mass is 711 g/mol. The molecule has 6 rings (SSSR count). The van der Waals surface area contributed by atoms with Gasteiger partial charge in [0.05, 0.1) is 17.3 Å². The van der Waals surface area contributed by atoms with Crippen LogP contribution in [0.3, 0.4) is 0 Å². The number of carbonyl (C=O) groups excluding carboxylic acids is 1. The van der Waals surface area contributed by atoms with Crippen molar-refractivity contribution in [2.75, 3.05) is 0 Å². The van der Waals surface area contributed by atoms with Crippen LogP contribution in [0.4, 0.5) is 5.69 Å². The Balaban J connectivity index is 1.09. The van der Waals surface area contributed by atoms with Gasteiger partial charge in [-0.1, -0.05) is 20.8 Å². The van der Waals surface area contributed by atoms with Gasteiger partial charge in [-0.05, 0) is 145 Å². The average molecular weight is 712 g/mol. The predicted molar refractivity (Wildman–Crippen MR) is 180 cm³/mol. The number of non-ortho nitro benzene ring substituents is 1. The van der Waals surface area contributed by atoms with E-state index in [1.54, 1.807) is 0 Å². The van der Waals surface area contributed by atoms with E-state index < -0.39 is 47.1 Å². The first-order valence-corrected chi connectivity index (χ1v) is 18.4. The molecule has 0 bridgehead atoms. The molecule has 4 aliphatic carbocycles. The average Bonchev–Trinajstić information content (AvgIpc) is 3.69. The Morgan fingerprint density at radius 3 is 2.31 bits per heavy atom. The van der Waals surface area contributed by atoms with Crippen molar-refractivity contribution in [1.29, 1.82) is 0 Å². The fourth-order valence-corrected chi connectivity index (χ4v) is 11.5. The molecular formula is C37H49N3O11. The SMILES string of the molecule is C[C@H](CCC(C(=O)O)C(=O)O)C1CC[C@H]2[C@@H]3CC[C@@H]4C[C@H](OC(=O)[C@H](CC(=O)O)Cc5ccc([N+](=O)[O-])c6nonc56)CC[C@]4(C)[C@H]3CC[C@]12C. The smallest absolute Gasteiger partial charge is 0.317 e. The first kappa shape index (κ1) is 36.7. The maximum Gasteiger partial charge on any atom is 0.317 e. The zero-order valence-corrected chi connectivity index (χ0v) is 29.5. The maximum absolute atomic E-state index is 13.6. The van der Waals surface area contributed by atoms with Gasteiger partial charge < -0.3 is 20.1 Å². The number of hydrogen-bond donors (Lipinski definition) is 3. The Bertz CT molecular complexity index is 1680. The summed E-state index contributed by atoms with van der Waals surface area (Å²) in [7, 11) is 0. The van der Waals surface area contributed by atoms with E-state index in [0.717, 1.165) is 51.4 Å². The van der Waals surface area contributed by atoms with Gasteiger partial charge in [0.15, 0.2) is 5.92 Å². The highest BCUT2D eigenvalue weighted by Crippen LogP contribution is 2.68. The molecule has 0 amide bonds. The third kappa shape index (κ3) is 6.82. The zero-order valence-electron chi connectivity index (χ0n) is 29.5. The highest BCUT2D eigenvalue weighted by Gasteiger charge is 2.61. The van der Waals surface area contributed by atoms with E-state index in [-0.39, 0.29) is 52.4 Å². The third-order valence-corrected chi connectivity index (χ3v) is 14.1. The van der Waals surface area contributed by atoms with Crippen LogP contribution < -0.4 is 0 Å². The number of aliphatic carboxylic acids is 3. The van der Waals surface area contributed by atoms with Gasteiger partial charge in [-0.3, -0.25) is 29.3 Å². The first-order chi connectivity index (χ1) is 24.1. The van der Waals surface area contributed by atoms with Crippen molar-refractivity contribution in [3.63, 3.8) is 0 Å².